The molecule has 8 heteroatoms. The first kappa shape index (κ1) is 11.9. The number of rotatable bonds is 5. The molecule has 0 bridgehead atoms. The molecule has 0 aromatic carbocycles. The summed E-state index contributed by atoms with van der Waals surface area (Å²) < 4.78 is 0. The molecule has 0 aliphatic heterocycles. The lowest BCUT2D eigenvalue weighted by Crippen LogP contribution is -2.00. The SMILES string of the molecule is Nc1nc(C(=CON=C[C]=O)C(=O)O)cs1. The summed E-state index contributed by atoms with van der Waals surface area (Å²) in [4.78, 5) is 28.8. The highest BCUT2D eigenvalue weighted by Crippen LogP contribution is 2.19. The molecule has 1 heterocycles. The maximum Gasteiger partial charge on any atom is 0.341 e. The Labute approximate surface area is 93.8 Å². The number of hydrogen-bond acceptors (Lipinski definition) is 7. The highest BCUT2D eigenvalue weighted by atomic mass is 32.1. The molecular weight excluding hydrogens is 234 g/mol. The predicted octanol–water partition coefficient (Wildman–Crippen LogP) is 0.263. The molecule has 0 atom stereocenters. The van der Waals surface area contributed by atoms with Crippen LogP contribution in [0.25, 0.3) is 5.57 Å². The lowest BCUT2D eigenvalue weighted by molar-refractivity contribution is -0.130. The zero-order valence-corrected chi connectivity index (χ0v) is 8.60. The third kappa shape index (κ3) is 3.17. The summed E-state index contributed by atoms with van der Waals surface area (Å²) in [6, 6.07) is 0. The first-order chi connectivity index (χ1) is 7.65. The van der Waals surface area contributed by atoms with Gasteiger partial charge in [0.05, 0.1) is 5.69 Å². The van der Waals surface area contributed by atoms with E-state index in [1.54, 1.807) is 0 Å². The molecule has 0 aliphatic carbocycles. The van der Waals surface area contributed by atoms with Crippen molar-refractivity contribution in [1.29, 1.82) is 0 Å². The van der Waals surface area contributed by atoms with Crippen LogP contribution in [0.1, 0.15) is 5.69 Å². The van der Waals surface area contributed by atoms with Crippen LogP contribution in [-0.2, 0) is 14.4 Å². The van der Waals surface area contributed by atoms with E-state index < -0.39 is 5.97 Å². The number of nitrogens with zero attached hydrogens (tertiary/aromatic N) is 2. The summed E-state index contributed by atoms with van der Waals surface area (Å²) in [5, 5.41) is 13.6. The smallest absolute Gasteiger partial charge is 0.341 e. The van der Waals surface area contributed by atoms with Crippen LogP contribution < -0.4 is 5.73 Å². The molecular formula is C8H6N3O4S. The molecule has 7 nitrogen and oxygen atoms in total. The number of carboxylic acid groups (broad SMARTS) is 1. The molecule has 0 saturated heterocycles. The average Bonchev–Trinajstić information content (AvgIpc) is 2.64. The Morgan fingerprint density at radius 2 is 2.50 bits per heavy atom. The van der Waals surface area contributed by atoms with E-state index in [2.05, 4.69) is 15.0 Å². The molecule has 83 valence electrons. The monoisotopic (exact) mass is 240 g/mol. The van der Waals surface area contributed by atoms with Crippen molar-refractivity contribution in [1.82, 2.24) is 4.98 Å². The Hall–Kier alpha value is -2.22. The Morgan fingerprint density at radius 3 is 3.00 bits per heavy atom. The van der Waals surface area contributed by atoms with Crippen molar-refractivity contribution < 1.29 is 19.5 Å². The number of hydrogen-bond donors (Lipinski definition) is 2. The number of aromatic nitrogens is 1. The molecule has 0 saturated carbocycles. The minimum absolute atomic E-state index is 0.167. The molecule has 1 aromatic heterocycles. The number of thiazole rings is 1. The van der Waals surface area contributed by atoms with Crippen LogP contribution in [0.4, 0.5) is 5.13 Å². The summed E-state index contributed by atoms with van der Waals surface area (Å²) in [5.74, 6) is -1.24. The van der Waals surface area contributed by atoms with Crippen LogP contribution in [0.3, 0.4) is 0 Å². The molecule has 0 amide bonds. The Morgan fingerprint density at radius 1 is 1.75 bits per heavy atom. The van der Waals surface area contributed by atoms with Crippen molar-refractivity contribution in [2.45, 2.75) is 0 Å². The van der Waals surface area contributed by atoms with E-state index in [0.717, 1.165) is 17.6 Å². The number of aliphatic carboxylic acids is 1. The first-order valence-corrected chi connectivity index (χ1v) is 4.73. The first-order valence-electron chi connectivity index (χ1n) is 3.85. The predicted molar refractivity (Wildman–Crippen MR) is 57.4 cm³/mol. The minimum atomic E-state index is -1.24. The number of carboxylic acids is 1. The highest BCUT2D eigenvalue weighted by Gasteiger charge is 2.14. The van der Waals surface area contributed by atoms with Crippen molar-refractivity contribution in [2.75, 3.05) is 5.73 Å². The van der Waals surface area contributed by atoms with Gasteiger partial charge >= 0.3 is 5.97 Å². The van der Waals surface area contributed by atoms with Crippen LogP contribution >= 0.6 is 11.3 Å². The zero-order valence-electron chi connectivity index (χ0n) is 7.78. The van der Waals surface area contributed by atoms with Crippen molar-refractivity contribution in [3.8, 4) is 0 Å². The fraction of sp³-hybridized carbons (Fsp3) is 0. The molecule has 3 N–H and O–H groups in total. The van der Waals surface area contributed by atoms with Gasteiger partial charge in [-0.3, -0.25) is 4.79 Å². The van der Waals surface area contributed by atoms with Gasteiger partial charge < -0.3 is 15.7 Å². The minimum Gasteiger partial charge on any atom is -0.477 e. The van der Waals surface area contributed by atoms with Gasteiger partial charge in [0.15, 0.2) is 5.13 Å². The molecule has 1 radical (unpaired) electrons. The average molecular weight is 240 g/mol. The van der Waals surface area contributed by atoms with Crippen LogP contribution in [0, 0.1) is 0 Å². The van der Waals surface area contributed by atoms with Gasteiger partial charge in [-0.25, -0.2) is 9.78 Å². The number of nitrogens with two attached hydrogens (primary N) is 1. The molecule has 0 spiro atoms. The normalized spacial score (nSPS) is 11.6. The van der Waals surface area contributed by atoms with Crippen molar-refractivity contribution >= 4 is 40.5 Å². The van der Waals surface area contributed by atoms with Gasteiger partial charge in [-0.15, -0.1) is 11.3 Å². The van der Waals surface area contributed by atoms with Crippen LogP contribution in [-0.4, -0.2) is 28.6 Å². The number of carbonyl (C=O) groups excluding carboxylic acids is 1. The van der Waals surface area contributed by atoms with E-state index in [9.17, 15) is 9.59 Å². The zero-order chi connectivity index (χ0) is 12.0. The number of anilines is 1. The summed E-state index contributed by atoms with van der Waals surface area (Å²) >= 11 is 1.10. The fourth-order valence-electron chi connectivity index (χ4n) is 0.767. The van der Waals surface area contributed by atoms with E-state index in [0.29, 0.717) is 6.21 Å². The second-order valence-electron chi connectivity index (χ2n) is 2.37. The summed E-state index contributed by atoms with van der Waals surface area (Å²) in [6.45, 7) is 0. The topological polar surface area (TPSA) is 115 Å². The molecule has 1 rings (SSSR count). The summed E-state index contributed by atoms with van der Waals surface area (Å²) in [7, 11) is 0. The van der Waals surface area contributed by atoms with Gasteiger partial charge in [-0.2, -0.15) is 0 Å². The largest absolute Gasteiger partial charge is 0.477 e. The van der Waals surface area contributed by atoms with Gasteiger partial charge in [0, 0.05) is 5.38 Å². The van der Waals surface area contributed by atoms with E-state index in [1.807, 2.05) is 0 Å². The number of carbonyl (C=O) groups is 1. The fourth-order valence-corrected chi connectivity index (χ4v) is 1.33. The van der Waals surface area contributed by atoms with E-state index in [1.165, 1.54) is 11.7 Å². The number of oxime groups is 1. The second-order valence-corrected chi connectivity index (χ2v) is 3.26. The maximum absolute atomic E-state index is 10.8. The lowest BCUT2D eigenvalue weighted by Gasteiger charge is -1.95. The van der Waals surface area contributed by atoms with Crippen LogP contribution in [0.5, 0.6) is 0 Å². The standard InChI is InChI=1S/C8H6N3O4S/c9-8-11-6(4-16-8)5(7(13)14)3-15-10-1-2-12/h1,3-4H,(H2,9,11)(H,13,14). The van der Waals surface area contributed by atoms with E-state index >= 15 is 0 Å². The van der Waals surface area contributed by atoms with Crippen molar-refractivity contribution in [3.63, 3.8) is 0 Å². The van der Waals surface area contributed by atoms with E-state index in [4.69, 9.17) is 10.8 Å². The lowest BCUT2D eigenvalue weighted by atomic mass is 10.2. The summed E-state index contributed by atoms with van der Waals surface area (Å²) in [5.41, 5.74) is 5.31. The van der Waals surface area contributed by atoms with Crippen LogP contribution in [0.2, 0.25) is 0 Å². The van der Waals surface area contributed by atoms with Gasteiger partial charge in [-0.05, 0) is 0 Å². The van der Waals surface area contributed by atoms with E-state index in [-0.39, 0.29) is 16.4 Å². The second kappa shape index (κ2) is 5.61. The van der Waals surface area contributed by atoms with Gasteiger partial charge in [-0.1, -0.05) is 5.16 Å². The maximum atomic E-state index is 10.8. The Balaban J connectivity index is 2.87. The van der Waals surface area contributed by atoms with Crippen molar-refractivity contribution in [3.05, 3.63) is 17.3 Å². The van der Waals surface area contributed by atoms with Gasteiger partial charge in [0.1, 0.15) is 18.0 Å². The van der Waals surface area contributed by atoms with Crippen molar-refractivity contribution in [2.24, 2.45) is 5.16 Å². The highest BCUT2D eigenvalue weighted by molar-refractivity contribution is 7.13. The Kier molecular flexibility index (Phi) is 4.16. The molecule has 0 unspecified atom stereocenters. The van der Waals surface area contributed by atoms with Gasteiger partial charge in [0.2, 0.25) is 6.29 Å². The Bertz CT molecular complexity index is 452. The molecule has 0 fully saturated rings. The third-order valence-corrected chi connectivity index (χ3v) is 2.04. The number of nitrogen functional groups attached to an aromatic ring is 1. The summed E-state index contributed by atoms with van der Waals surface area (Å²) in [6.07, 6.45) is 2.90. The quantitative estimate of drug-likeness (QED) is 0.330. The van der Waals surface area contributed by atoms with Crippen LogP contribution in [0.15, 0.2) is 16.8 Å². The molecule has 0 aliphatic rings. The third-order valence-electron chi connectivity index (χ3n) is 1.37. The van der Waals surface area contributed by atoms with Gasteiger partial charge in [0.25, 0.3) is 0 Å². The molecule has 16 heavy (non-hydrogen) atoms. The molecule has 1 aromatic rings.